The van der Waals surface area contributed by atoms with Gasteiger partial charge in [0, 0.05) is 16.1 Å². The van der Waals surface area contributed by atoms with Gasteiger partial charge in [0.2, 0.25) is 5.78 Å². The van der Waals surface area contributed by atoms with Gasteiger partial charge >= 0.3 is 0 Å². The van der Waals surface area contributed by atoms with Crippen molar-refractivity contribution in [1.29, 1.82) is 0 Å². The summed E-state index contributed by atoms with van der Waals surface area (Å²) in [5, 5.41) is 0.0178. The Labute approximate surface area is 129 Å². The normalized spacial score (nSPS) is 12.0. The number of halogens is 3. The summed E-state index contributed by atoms with van der Waals surface area (Å²) in [6, 6.07) is 11.0. The number of hydrogen-bond donors (Lipinski definition) is 0. The van der Waals surface area contributed by atoms with Crippen LogP contribution in [-0.4, -0.2) is 11.9 Å². The van der Waals surface area contributed by atoms with Crippen LogP contribution in [-0.2, 0) is 0 Å². The van der Waals surface area contributed by atoms with Crippen molar-refractivity contribution < 1.29 is 13.9 Å². The van der Waals surface area contributed by atoms with Crippen molar-refractivity contribution in [2.75, 3.05) is 0 Å². The van der Waals surface area contributed by atoms with Crippen LogP contribution in [0.1, 0.15) is 17.3 Å². The van der Waals surface area contributed by atoms with Gasteiger partial charge in [0.15, 0.2) is 6.10 Å². The largest absolute Gasteiger partial charge is 0.482 e. The Morgan fingerprint density at radius 3 is 2.50 bits per heavy atom. The van der Waals surface area contributed by atoms with Gasteiger partial charge in [-0.05, 0) is 31.2 Å². The summed E-state index contributed by atoms with van der Waals surface area (Å²) in [6.07, 6.45) is -0.711. The first-order valence-electron chi connectivity index (χ1n) is 5.89. The molecule has 0 saturated heterocycles. The van der Waals surface area contributed by atoms with Gasteiger partial charge in [-0.1, -0.05) is 39.7 Å². The van der Waals surface area contributed by atoms with Crippen LogP contribution >= 0.6 is 27.5 Å². The molecular weight excluding hydrogens is 347 g/mol. The maximum atomic E-state index is 13.3. The van der Waals surface area contributed by atoms with Crippen molar-refractivity contribution in [3.63, 3.8) is 0 Å². The smallest absolute Gasteiger partial charge is 0.202 e. The molecule has 104 valence electrons. The van der Waals surface area contributed by atoms with Crippen LogP contribution in [0.15, 0.2) is 46.9 Å². The Kier molecular flexibility index (Phi) is 4.78. The Morgan fingerprint density at radius 1 is 1.25 bits per heavy atom. The summed E-state index contributed by atoms with van der Waals surface area (Å²) in [5.74, 6) is -0.481. The number of hydrogen-bond acceptors (Lipinski definition) is 2. The van der Waals surface area contributed by atoms with Gasteiger partial charge in [-0.25, -0.2) is 4.39 Å². The molecule has 2 aromatic carbocycles. The van der Waals surface area contributed by atoms with Gasteiger partial charge in [0.05, 0.1) is 5.02 Å². The predicted octanol–water partition coefficient (Wildman–Crippen LogP) is 4.89. The minimum absolute atomic E-state index is 0.0178. The standard InChI is InChI=1S/C15H11BrClFO2/c1-9(15(19)10-2-4-11(16)5-3-10)20-12-6-7-13(17)14(18)8-12/h2-9H,1H3. The molecule has 0 N–H and O–H groups in total. The minimum atomic E-state index is -0.711. The van der Waals surface area contributed by atoms with Crippen LogP contribution < -0.4 is 4.74 Å². The highest BCUT2D eigenvalue weighted by Crippen LogP contribution is 2.22. The molecule has 0 aliphatic heterocycles. The van der Waals surface area contributed by atoms with E-state index >= 15 is 0 Å². The van der Waals surface area contributed by atoms with Crippen LogP contribution in [0.3, 0.4) is 0 Å². The molecule has 0 bridgehead atoms. The Balaban J connectivity index is 2.11. The molecule has 0 radical (unpaired) electrons. The zero-order valence-corrected chi connectivity index (χ0v) is 12.9. The highest BCUT2D eigenvalue weighted by atomic mass is 79.9. The molecule has 0 saturated carbocycles. The third-order valence-corrected chi connectivity index (χ3v) is 3.54. The van der Waals surface area contributed by atoms with E-state index in [-0.39, 0.29) is 16.6 Å². The van der Waals surface area contributed by atoms with E-state index in [2.05, 4.69) is 15.9 Å². The monoisotopic (exact) mass is 356 g/mol. The maximum Gasteiger partial charge on any atom is 0.202 e. The van der Waals surface area contributed by atoms with Gasteiger partial charge in [0.25, 0.3) is 0 Å². The average Bonchev–Trinajstić information content (AvgIpc) is 2.43. The first-order chi connectivity index (χ1) is 9.47. The van der Waals surface area contributed by atoms with Gasteiger partial charge in [-0.2, -0.15) is 0 Å². The lowest BCUT2D eigenvalue weighted by molar-refractivity contribution is 0.0817. The summed E-state index contributed by atoms with van der Waals surface area (Å²) < 4.78 is 19.6. The lowest BCUT2D eigenvalue weighted by Crippen LogP contribution is -2.23. The average molecular weight is 358 g/mol. The van der Waals surface area contributed by atoms with E-state index in [1.54, 1.807) is 31.2 Å². The lowest BCUT2D eigenvalue weighted by Gasteiger charge is -2.14. The molecular formula is C15H11BrClFO2. The fourth-order valence-electron chi connectivity index (χ4n) is 1.66. The third kappa shape index (κ3) is 3.58. The zero-order valence-electron chi connectivity index (χ0n) is 10.6. The quantitative estimate of drug-likeness (QED) is 0.728. The molecule has 0 spiro atoms. The number of Topliss-reactive ketones (excluding diaryl/α,β-unsaturated/α-hetero) is 1. The van der Waals surface area contributed by atoms with E-state index in [0.717, 1.165) is 10.5 Å². The molecule has 0 aliphatic carbocycles. The molecule has 5 heteroatoms. The number of ether oxygens (including phenoxy) is 1. The minimum Gasteiger partial charge on any atom is -0.482 e. The SMILES string of the molecule is CC(Oc1ccc(Cl)c(F)c1)C(=O)c1ccc(Br)cc1. The van der Waals surface area contributed by atoms with Crippen molar-refractivity contribution in [2.45, 2.75) is 13.0 Å². The van der Waals surface area contributed by atoms with Gasteiger partial charge in [0.1, 0.15) is 11.6 Å². The Morgan fingerprint density at radius 2 is 1.90 bits per heavy atom. The summed E-state index contributed by atoms with van der Waals surface area (Å²) in [4.78, 5) is 12.2. The van der Waals surface area contributed by atoms with E-state index in [0.29, 0.717) is 5.56 Å². The first-order valence-corrected chi connectivity index (χ1v) is 7.06. The van der Waals surface area contributed by atoms with Crippen molar-refractivity contribution in [1.82, 2.24) is 0 Å². The summed E-state index contributed by atoms with van der Waals surface area (Å²) in [6.45, 7) is 1.62. The Bertz CT molecular complexity index is 628. The summed E-state index contributed by atoms with van der Waals surface area (Å²) >= 11 is 8.89. The highest BCUT2D eigenvalue weighted by molar-refractivity contribution is 9.10. The van der Waals surface area contributed by atoms with Gasteiger partial charge in [-0.3, -0.25) is 4.79 Å². The van der Waals surface area contributed by atoms with Crippen LogP contribution in [0, 0.1) is 5.82 Å². The van der Waals surface area contributed by atoms with E-state index in [4.69, 9.17) is 16.3 Å². The molecule has 1 atom stereocenters. The second-order valence-electron chi connectivity index (χ2n) is 4.21. The number of carbonyl (C=O) groups is 1. The maximum absolute atomic E-state index is 13.3. The molecule has 0 aliphatic rings. The first kappa shape index (κ1) is 15.0. The molecule has 2 aromatic rings. The van der Waals surface area contributed by atoms with Crippen LogP contribution in [0.2, 0.25) is 5.02 Å². The van der Waals surface area contributed by atoms with E-state index in [9.17, 15) is 9.18 Å². The molecule has 20 heavy (non-hydrogen) atoms. The fourth-order valence-corrected chi connectivity index (χ4v) is 2.04. The molecule has 2 nitrogen and oxygen atoms in total. The highest BCUT2D eigenvalue weighted by Gasteiger charge is 2.17. The molecule has 2 rings (SSSR count). The molecule has 0 amide bonds. The van der Waals surface area contributed by atoms with Crippen molar-refractivity contribution >= 4 is 33.3 Å². The number of ketones is 1. The second kappa shape index (κ2) is 6.37. The predicted molar refractivity (Wildman–Crippen MR) is 80.0 cm³/mol. The molecule has 0 aromatic heterocycles. The topological polar surface area (TPSA) is 26.3 Å². The van der Waals surface area contributed by atoms with Crippen LogP contribution in [0.4, 0.5) is 4.39 Å². The summed E-state index contributed by atoms with van der Waals surface area (Å²) in [7, 11) is 0. The third-order valence-electron chi connectivity index (χ3n) is 2.70. The molecule has 0 fully saturated rings. The second-order valence-corrected chi connectivity index (χ2v) is 5.53. The van der Waals surface area contributed by atoms with Crippen LogP contribution in [0.25, 0.3) is 0 Å². The zero-order chi connectivity index (χ0) is 14.7. The molecule has 1 unspecified atom stereocenters. The van der Waals surface area contributed by atoms with Crippen molar-refractivity contribution in [3.05, 3.63) is 63.3 Å². The van der Waals surface area contributed by atoms with Crippen LogP contribution in [0.5, 0.6) is 5.75 Å². The van der Waals surface area contributed by atoms with E-state index in [1.807, 2.05) is 0 Å². The van der Waals surface area contributed by atoms with Crippen molar-refractivity contribution in [3.8, 4) is 5.75 Å². The molecule has 0 heterocycles. The Hall–Kier alpha value is -1.39. The fraction of sp³-hybridized carbons (Fsp3) is 0.133. The summed E-state index contributed by atoms with van der Waals surface area (Å²) in [5.41, 5.74) is 0.537. The van der Waals surface area contributed by atoms with Gasteiger partial charge in [-0.15, -0.1) is 0 Å². The number of rotatable bonds is 4. The van der Waals surface area contributed by atoms with E-state index < -0.39 is 11.9 Å². The van der Waals surface area contributed by atoms with Gasteiger partial charge < -0.3 is 4.74 Å². The van der Waals surface area contributed by atoms with Crippen molar-refractivity contribution in [2.24, 2.45) is 0 Å². The van der Waals surface area contributed by atoms with E-state index in [1.165, 1.54) is 12.1 Å². The lowest BCUT2D eigenvalue weighted by atomic mass is 10.1. The number of carbonyl (C=O) groups excluding carboxylic acids is 1. The number of benzene rings is 2.